The van der Waals surface area contributed by atoms with E-state index in [1.807, 2.05) is 11.3 Å². The molecule has 0 fully saturated rings. The Bertz CT molecular complexity index is 3390. The lowest BCUT2D eigenvalue weighted by Crippen LogP contribution is -2.28. The number of hydrogen-bond donors (Lipinski definition) is 0. The van der Waals surface area contributed by atoms with Gasteiger partial charge in [0.1, 0.15) is 0 Å². The van der Waals surface area contributed by atoms with Crippen LogP contribution in [-0.2, 0) is 5.41 Å². The molecule has 0 saturated carbocycles. The van der Waals surface area contributed by atoms with Crippen LogP contribution in [0.4, 0.5) is 17.1 Å². The van der Waals surface area contributed by atoms with Crippen molar-refractivity contribution in [3.05, 3.63) is 271 Å². The molecule has 12 rings (SSSR count). The SMILES string of the molecule is c1ccc(-c2cccc(-c3ccc(N(c4ccc(C5(c6ccccc6)c6ccccc6-c6ccccc65)cc4)c4cccc(-c5ccc6sc7ccccc7c6c5)c4)cc3)c2)cc1. The van der Waals surface area contributed by atoms with Gasteiger partial charge in [0.05, 0.1) is 5.41 Å². The van der Waals surface area contributed by atoms with Crippen LogP contribution in [-0.4, -0.2) is 0 Å². The molecule has 0 amide bonds. The fourth-order valence-corrected chi connectivity index (χ4v) is 11.1. The lowest BCUT2D eigenvalue weighted by molar-refractivity contribution is 0.768. The Kier molecular flexibility index (Phi) is 8.98. The highest BCUT2D eigenvalue weighted by Crippen LogP contribution is 2.56. The summed E-state index contributed by atoms with van der Waals surface area (Å²) in [6, 6.07) is 91.5. The van der Waals surface area contributed by atoms with Crippen molar-refractivity contribution in [2.75, 3.05) is 4.90 Å². The summed E-state index contributed by atoms with van der Waals surface area (Å²) in [6.45, 7) is 0. The van der Waals surface area contributed by atoms with Crippen LogP contribution < -0.4 is 4.90 Å². The molecular formula is C61H41NS. The minimum atomic E-state index is -0.460. The first-order chi connectivity index (χ1) is 31.2. The summed E-state index contributed by atoms with van der Waals surface area (Å²) >= 11 is 1.86. The highest BCUT2D eigenvalue weighted by molar-refractivity contribution is 7.25. The van der Waals surface area contributed by atoms with Crippen LogP contribution in [0.3, 0.4) is 0 Å². The monoisotopic (exact) mass is 819 g/mol. The van der Waals surface area contributed by atoms with E-state index in [2.05, 4.69) is 254 Å². The molecule has 11 aromatic rings. The molecule has 1 aliphatic carbocycles. The van der Waals surface area contributed by atoms with Gasteiger partial charge in [-0.3, -0.25) is 0 Å². The van der Waals surface area contributed by atoms with E-state index >= 15 is 0 Å². The Morgan fingerprint density at radius 1 is 0.286 bits per heavy atom. The second-order valence-electron chi connectivity index (χ2n) is 16.4. The summed E-state index contributed by atoms with van der Waals surface area (Å²) in [5.41, 5.74) is 17.8. The standard InChI is InChI=1S/C61H41NS/c1-3-15-42(16-4-1)44-17-13-18-45(39-44)43-29-34-50(35-30-43)62(52-22-14-19-46(40-52)47-31-38-60-56(41-47)55-25-9-12-28-59(55)63-60)51-36-32-49(33-37-51)61(48-20-5-2-6-21-48)57-26-10-7-23-53(57)54-24-8-11-27-58(54)61/h1-41H. The molecular weight excluding hydrogens is 779 g/mol. The molecule has 1 aromatic heterocycles. The van der Waals surface area contributed by atoms with E-state index in [1.165, 1.54) is 86.9 Å². The van der Waals surface area contributed by atoms with Crippen molar-refractivity contribution < 1.29 is 0 Å². The van der Waals surface area contributed by atoms with Gasteiger partial charge in [-0.25, -0.2) is 0 Å². The van der Waals surface area contributed by atoms with Crippen LogP contribution in [0.5, 0.6) is 0 Å². The molecule has 0 unspecified atom stereocenters. The lowest BCUT2D eigenvalue weighted by Gasteiger charge is -2.34. The van der Waals surface area contributed by atoms with E-state index in [1.54, 1.807) is 0 Å². The largest absolute Gasteiger partial charge is 0.310 e. The zero-order chi connectivity index (χ0) is 41.7. The van der Waals surface area contributed by atoms with Gasteiger partial charge in [-0.1, -0.05) is 188 Å². The summed E-state index contributed by atoms with van der Waals surface area (Å²) in [7, 11) is 0. The molecule has 296 valence electrons. The zero-order valence-electron chi connectivity index (χ0n) is 34.5. The van der Waals surface area contributed by atoms with Crippen LogP contribution in [0.1, 0.15) is 22.3 Å². The predicted octanol–water partition coefficient (Wildman–Crippen LogP) is 16.9. The van der Waals surface area contributed by atoms with Gasteiger partial charge in [0, 0.05) is 37.2 Å². The highest BCUT2D eigenvalue weighted by atomic mass is 32.1. The maximum absolute atomic E-state index is 2.40. The zero-order valence-corrected chi connectivity index (χ0v) is 35.3. The van der Waals surface area contributed by atoms with Gasteiger partial charge in [-0.05, 0) is 127 Å². The molecule has 1 nitrogen and oxygen atoms in total. The van der Waals surface area contributed by atoms with E-state index in [4.69, 9.17) is 0 Å². The van der Waals surface area contributed by atoms with Crippen molar-refractivity contribution in [3.8, 4) is 44.5 Å². The molecule has 1 heterocycles. The van der Waals surface area contributed by atoms with Crippen LogP contribution in [0, 0.1) is 0 Å². The van der Waals surface area contributed by atoms with Gasteiger partial charge in [0.15, 0.2) is 0 Å². The third-order valence-electron chi connectivity index (χ3n) is 13.0. The van der Waals surface area contributed by atoms with E-state index in [0.717, 1.165) is 17.1 Å². The highest BCUT2D eigenvalue weighted by Gasteiger charge is 2.45. The lowest BCUT2D eigenvalue weighted by atomic mass is 9.68. The number of rotatable bonds is 8. The third-order valence-corrected chi connectivity index (χ3v) is 14.1. The Labute approximate surface area is 372 Å². The minimum absolute atomic E-state index is 0.460. The fraction of sp³-hybridized carbons (Fsp3) is 0.0164. The summed E-state index contributed by atoms with van der Waals surface area (Å²) in [5.74, 6) is 0. The maximum atomic E-state index is 2.40. The molecule has 0 aliphatic heterocycles. The molecule has 1 aliphatic rings. The fourth-order valence-electron chi connectivity index (χ4n) is 10.1. The van der Waals surface area contributed by atoms with Crippen molar-refractivity contribution in [1.29, 1.82) is 0 Å². The maximum Gasteiger partial charge on any atom is 0.0713 e. The molecule has 0 saturated heterocycles. The van der Waals surface area contributed by atoms with Gasteiger partial charge < -0.3 is 4.90 Å². The third kappa shape index (κ3) is 6.22. The normalized spacial score (nSPS) is 12.6. The van der Waals surface area contributed by atoms with Crippen LogP contribution in [0.2, 0.25) is 0 Å². The molecule has 0 radical (unpaired) electrons. The van der Waals surface area contributed by atoms with Gasteiger partial charge in [-0.2, -0.15) is 0 Å². The predicted molar refractivity (Wildman–Crippen MR) is 268 cm³/mol. The van der Waals surface area contributed by atoms with Crippen LogP contribution in [0.15, 0.2) is 249 Å². The van der Waals surface area contributed by atoms with E-state index < -0.39 is 5.41 Å². The molecule has 2 heteroatoms. The average molecular weight is 820 g/mol. The first kappa shape index (κ1) is 37.0. The van der Waals surface area contributed by atoms with Crippen molar-refractivity contribution in [1.82, 2.24) is 0 Å². The Hall–Kier alpha value is -7.78. The first-order valence-electron chi connectivity index (χ1n) is 21.7. The van der Waals surface area contributed by atoms with Gasteiger partial charge in [0.25, 0.3) is 0 Å². The number of fused-ring (bicyclic) bond motifs is 6. The number of anilines is 3. The minimum Gasteiger partial charge on any atom is -0.310 e. The van der Waals surface area contributed by atoms with Crippen LogP contribution >= 0.6 is 11.3 Å². The van der Waals surface area contributed by atoms with Crippen molar-refractivity contribution in [3.63, 3.8) is 0 Å². The molecule has 0 spiro atoms. The Morgan fingerprint density at radius 2 is 0.762 bits per heavy atom. The van der Waals surface area contributed by atoms with Gasteiger partial charge >= 0.3 is 0 Å². The molecule has 0 N–H and O–H groups in total. The summed E-state index contributed by atoms with van der Waals surface area (Å²) in [5, 5.41) is 2.62. The second-order valence-corrected chi connectivity index (χ2v) is 17.5. The average Bonchev–Trinajstić information content (AvgIpc) is 3.89. The smallest absolute Gasteiger partial charge is 0.0713 e. The molecule has 63 heavy (non-hydrogen) atoms. The second kappa shape index (κ2) is 15.3. The molecule has 0 bridgehead atoms. The van der Waals surface area contributed by atoms with Gasteiger partial charge in [0.2, 0.25) is 0 Å². The van der Waals surface area contributed by atoms with Crippen molar-refractivity contribution in [2.45, 2.75) is 5.41 Å². The number of nitrogens with zero attached hydrogens (tertiary/aromatic N) is 1. The summed E-state index contributed by atoms with van der Waals surface area (Å²) in [4.78, 5) is 2.40. The number of benzene rings is 10. The Morgan fingerprint density at radius 3 is 1.46 bits per heavy atom. The van der Waals surface area contributed by atoms with Crippen molar-refractivity contribution in [2.24, 2.45) is 0 Å². The first-order valence-corrected chi connectivity index (χ1v) is 22.5. The topological polar surface area (TPSA) is 3.24 Å². The van der Waals surface area contributed by atoms with Gasteiger partial charge in [-0.15, -0.1) is 11.3 Å². The number of thiophene rings is 1. The summed E-state index contributed by atoms with van der Waals surface area (Å²) in [6.07, 6.45) is 0. The van der Waals surface area contributed by atoms with Crippen molar-refractivity contribution >= 4 is 48.6 Å². The van der Waals surface area contributed by atoms with E-state index in [-0.39, 0.29) is 0 Å². The van der Waals surface area contributed by atoms with E-state index in [9.17, 15) is 0 Å². The van der Waals surface area contributed by atoms with Crippen LogP contribution in [0.25, 0.3) is 64.7 Å². The van der Waals surface area contributed by atoms with E-state index in [0.29, 0.717) is 0 Å². The molecule has 0 atom stereocenters. The quantitative estimate of drug-likeness (QED) is 0.148. The summed E-state index contributed by atoms with van der Waals surface area (Å²) < 4.78 is 2.63. The molecule has 10 aromatic carbocycles. The Balaban J connectivity index is 0.992. The number of hydrogen-bond acceptors (Lipinski definition) is 2.